The van der Waals surface area contributed by atoms with E-state index in [2.05, 4.69) is 13.8 Å². The first-order valence-corrected chi connectivity index (χ1v) is 5.14. The van der Waals surface area contributed by atoms with Crippen molar-refractivity contribution in [1.82, 2.24) is 0 Å². The van der Waals surface area contributed by atoms with E-state index in [0.29, 0.717) is 5.92 Å². The molecule has 0 aliphatic heterocycles. The predicted molar refractivity (Wildman–Crippen MR) is 51.2 cm³/mol. The smallest absolute Gasteiger partial charge is 0.0705 e. The molecular formula is C11H20O2. The average molecular weight is 184 g/mol. The van der Waals surface area contributed by atoms with Gasteiger partial charge in [-0.15, -0.1) is 0 Å². The first kappa shape index (κ1) is 9.47. The molecule has 13 heavy (non-hydrogen) atoms. The molecule has 2 fully saturated rings. The monoisotopic (exact) mass is 184 g/mol. The van der Waals surface area contributed by atoms with Gasteiger partial charge in [-0.05, 0) is 31.1 Å². The summed E-state index contributed by atoms with van der Waals surface area (Å²) in [6.45, 7) is 8.26. The molecule has 2 bridgehead atoms. The van der Waals surface area contributed by atoms with Crippen molar-refractivity contribution in [1.29, 1.82) is 0 Å². The Morgan fingerprint density at radius 3 is 1.92 bits per heavy atom. The number of hydrogen-bond donors (Lipinski definition) is 2. The van der Waals surface area contributed by atoms with Gasteiger partial charge >= 0.3 is 0 Å². The van der Waals surface area contributed by atoms with Gasteiger partial charge in [0.25, 0.3) is 0 Å². The largest absolute Gasteiger partial charge is 0.392 e. The molecule has 2 rings (SSSR count). The van der Waals surface area contributed by atoms with Crippen molar-refractivity contribution in [3.05, 3.63) is 0 Å². The third kappa shape index (κ3) is 0.774. The van der Waals surface area contributed by atoms with Gasteiger partial charge in [0, 0.05) is 5.41 Å². The van der Waals surface area contributed by atoms with Gasteiger partial charge in [0.1, 0.15) is 0 Å². The van der Waals surface area contributed by atoms with Crippen LogP contribution in [0.5, 0.6) is 0 Å². The summed E-state index contributed by atoms with van der Waals surface area (Å²) in [4.78, 5) is 0. The SMILES string of the molecule is CC1(C)[C@@H]2C[C@@H](O)[C@]1(C)[C@@](C)(O)C2. The molecule has 0 aromatic carbocycles. The van der Waals surface area contributed by atoms with E-state index in [1.54, 1.807) is 0 Å². The van der Waals surface area contributed by atoms with Crippen LogP contribution in [-0.4, -0.2) is 21.9 Å². The van der Waals surface area contributed by atoms with Crippen LogP contribution in [0.3, 0.4) is 0 Å². The zero-order valence-electron chi connectivity index (χ0n) is 8.96. The summed E-state index contributed by atoms with van der Waals surface area (Å²) in [5.74, 6) is 0.475. The molecule has 2 N–H and O–H groups in total. The van der Waals surface area contributed by atoms with E-state index in [0.717, 1.165) is 12.8 Å². The second-order valence-corrected chi connectivity index (χ2v) is 5.85. The maximum atomic E-state index is 10.3. The van der Waals surface area contributed by atoms with Crippen molar-refractivity contribution in [2.45, 2.75) is 52.2 Å². The molecule has 0 aromatic rings. The van der Waals surface area contributed by atoms with Crippen LogP contribution < -0.4 is 0 Å². The quantitative estimate of drug-likeness (QED) is 0.599. The summed E-state index contributed by atoms with van der Waals surface area (Å²) >= 11 is 0. The van der Waals surface area contributed by atoms with E-state index in [-0.39, 0.29) is 16.9 Å². The molecule has 0 unspecified atom stereocenters. The standard InChI is InChI=1S/C11H20O2/c1-9(2)7-5-8(12)11(9,4)10(3,13)6-7/h7-8,12-13H,5-6H2,1-4H3/t7-,8-,10+,11+/m1/s1. The Morgan fingerprint density at radius 1 is 1.15 bits per heavy atom. The normalized spacial score (nSPS) is 58.6. The van der Waals surface area contributed by atoms with Crippen LogP contribution in [0.25, 0.3) is 0 Å². The van der Waals surface area contributed by atoms with Gasteiger partial charge in [0.15, 0.2) is 0 Å². The van der Waals surface area contributed by atoms with Crippen LogP contribution >= 0.6 is 0 Å². The third-order valence-electron chi connectivity index (χ3n) is 5.30. The molecule has 0 spiro atoms. The Hall–Kier alpha value is -0.0800. The maximum Gasteiger partial charge on any atom is 0.0705 e. The van der Waals surface area contributed by atoms with Crippen molar-refractivity contribution in [3.8, 4) is 0 Å². The molecule has 76 valence electrons. The highest BCUT2D eigenvalue weighted by Gasteiger charge is 2.70. The molecule has 2 aliphatic rings. The topological polar surface area (TPSA) is 40.5 Å². The summed E-state index contributed by atoms with van der Waals surface area (Å²) in [5.41, 5.74) is -0.959. The molecule has 0 heterocycles. The van der Waals surface area contributed by atoms with Gasteiger partial charge in [-0.1, -0.05) is 20.8 Å². The highest BCUT2D eigenvalue weighted by Crippen LogP contribution is 2.69. The fourth-order valence-corrected chi connectivity index (χ4v) is 3.74. The van der Waals surface area contributed by atoms with Gasteiger partial charge < -0.3 is 10.2 Å². The van der Waals surface area contributed by atoms with Crippen LogP contribution in [0.1, 0.15) is 40.5 Å². The minimum atomic E-state index is -0.696. The Morgan fingerprint density at radius 2 is 1.69 bits per heavy atom. The molecule has 4 atom stereocenters. The zero-order valence-corrected chi connectivity index (χ0v) is 8.96. The minimum Gasteiger partial charge on any atom is -0.392 e. The summed E-state index contributed by atoms with van der Waals surface area (Å²) in [6.07, 6.45) is 1.36. The minimum absolute atomic E-state index is 0.0654. The zero-order chi connectivity index (χ0) is 10.1. The van der Waals surface area contributed by atoms with E-state index < -0.39 is 5.60 Å². The number of rotatable bonds is 0. The van der Waals surface area contributed by atoms with Crippen molar-refractivity contribution >= 4 is 0 Å². The fraction of sp³-hybridized carbons (Fsp3) is 1.00. The molecule has 2 saturated carbocycles. The van der Waals surface area contributed by atoms with Crippen molar-refractivity contribution < 1.29 is 10.2 Å². The molecule has 0 aromatic heterocycles. The van der Waals surface area contributed by atoms with Crippen LogP contribution in [0.2, 0.25) is 0 Å². The first-order valence-electron chi connectivity index (χ1n) is 5.14. The van der Waals surface area contributed by atoms with Gasteiger partial charge in [0.2, 0.25) is 0 Å². The van der Waals surface area contributed by atoms with Gasteiger partial charge in [0.05, 0.1) is 11.7 Å². The van der Waals surface area contributed by atoms with Crippen LogP contribution in [-0.2, 0) is 0 Å². The van der Waals surface area contributed by atoms with E-state index in [4.69, 9.17) is 0 Å². The lowest BCUT2D eigenvalue weighted by atomic mass is 9.64. The maximum absolute atomic E-state index is 10.3. The van der Waals surface area contributed by atoms with E-state index in [9.17, 15) is 10.2 Å². The molecule has 0 saturated heterocycles. The summed E-state index contributed by atoms with van der Waals surface area (Å²) in [6, 6.07) is 0. The third-order valence-corrected chi connectivity index (χ3v) is 5.30. The predicted octanol–water partition coefficient (Wildman–Crippen LogP) is 1.55. The number of aliphatic hydroxyl groups is 2. The first-order chi connectivity index (χ1) is 5.73. The van der Waals surface area contributed by atoms with Gasteiger partial charge in [-0.25, -0.2) is 0 Å². The molecule has 2 aliphatic carbocycles. The highest BCUT2D eigenvalue weighted by molar-refractivity contribution is 5.19. The van der Waals surface area contributed by atoms with Crippen molar-refractivity contribution in [2.75, 3.05) is 0 Å². The summed E-state index contributed by atoms with van der Waals surface area (Å²) < 4.78 is 0. The van der Waals surface area contributed by atoms with E-state index in [1.807, 2.05) is 13.8 Å². The molecular weight excluding hydrogens is 164 g/mol. The Labute approximate surface area is 80.0 Å². The Kier molecular flexibility index (Phi) is 1.54. The van der Waals surface area contributed by atoms with E-state index >= 15 is 0 Å². The van der Waals surface area contributed by atoms with Crippen molar-refractivity contribution in [3.63, 3.8) is 0 Å². The second kappa shape index (κ2) is 2.12. The number of aliphatic hydroxyl groups excluding tert-OH is 1. The second-order valence-electron chi connectivity index (χ2n) is 5.85. The Balaban J connectivity index is 2.52. The molecule has 2 heteroatoms. The van der Waals surface area contributed by atoms with Crippen LogP contribution in [0.4, 0.5) is 0 Å². The lowest BCUT2D eigenvalue weighted by Crippen LogP contribution is -2.51. The van der Waals surface area contributed by atoms with E-state index in [1.165, 1.54) is 0 Å². The van der Waals surface area contributed by atoms with Crippen LogP contribution in [0, 0.1) is 16.7 Å². The number of hydrogen-bond acceptors (Lipinski definition) is 2. The van der Waals surface area contributed by atoms with Gasteiger partial charge in [-0.2, -0.15) is 0 Å². The molecule has 0 amide bonds. The average Bonchev–Trinajstić information content (AvgIpc) is 2.18. The molecule has 2 nitrogen and oxygen atoms in total. The summed E-state index contributed by atoms with van der Waals surface area (Å²) in [7, 11) is 0. The molecule has 0 radical (unpaired) electrons. The highest BCUT2D eigenvalue weighted by atomic mass is 16.3. The lowest BCUT2D eigenvalue weighted by Gasteiger charge is -2.45. The Bertz CT molecular complexity index is 244. The fourth-order valence-electron chi connectivity index (χ4n) is 3.74. The van der Waals surface area contributed by atoms with Gasteiger partial charge in [-0.3, -0.25) is 0 Å². The number of fused-ring (bicyclic) bond motifs is 2. The lowest BCUT2D eigenvalue weighted by molar-refractivity contribution is -0.133. The van der Waals surface area contributed by atoms with Crippen molar-refractivity contribution in [2.24, 2.45) is 16.7 Å². The van der Waals surface area contributed by atoms with Crippen LogP contribution in [0.15, 0.2) is 0 Å². The summed E-state index contributed by atoms with van der Waals surface area (Å²) in [5, 5.41) is 20.3.